The summed E-state index contributed by atoms with van der Waals surface area (Å²) in [5, 5.41) is 5.64. The zero-order valence-corrected chi connectivity index (χ0v) is 8.89. The van der Waals surface area contributed by atoms with Crippen LogP contribution in [0.5, 0.6) is 0 Å². The van der Waals surface area contributed by atoms with Crippen LogP contribution in [0, 0.1) is 0 Å². The molecule has 78 valence electrons. The van der Waals surface area contributed by atoms with Crippen molar-refractivity contribution < 1.29 is 4.79 Å². The van der Waals surface area contributed by atoms with E-state index in [0.717, 1.165) is 25.9 Å². The van der Waals surface area contributed by atoms with Crippen LogP contribution in [0.2, 0.25) is 0 Å². The van der Waals surface area contributed by atoms with Crippen LogP contribution >= 0.6 is 0 Å². The second-order valence-electron chi connectivity index (χ2n) is 3.39. The summed E-state index contributed by atoms with van der Waals surface area (Å²) in [4.78, 5) is 13.1. The standard InChI is InChI=1S/C9H21N3O/c1-10-8-9(13)11-6-4-5-7-12(2)3/h10H,4-8H2,1-3H3,(H,11,13). The van der Waals surface area contributed by atoms with E-state index in [1.807, 2.05) is 0 Å². The van der Waals surface area contributed by atoms with Gasteiger partial charge in [0, 0.05) is 6.54 Å². The van der Waals surface area contributed by atoms with Crippen LogP contribution in [0.1, 0.15) is 12.8 Å². The molecule has 0 aromatic heterocycles. The zero-order chi connectivity index (χ0) is 10.1. The topological polar surface area (TPSA) is 44.4 Å². The molecule has 2 N–H and O–H groups in total. The minimum atomic E-state index is 0.0763. The third-order valence-corrected chi connectivity index (χ3v) is 1.69. The molecule has 0 atom stereocenters. The van der Waals surface area contributed by atoms with Crippen molar-refractivity contribution in [3.8, 4) is 0 Å². The Hall–Kier alpha value is -0.610. The van der Waals surface area contributed by atoms with Crippen LogP contribution in [-0.4, -0.2) is 51.6 Å². The van der Waals surface area contributed by atoms with Crippen LogP contribution in [0.15, 0.2) is 0 Å². The first kappa shape index (κ1) is 12.4. The van der Waals surface area contributed by atoms with Gasteiger partial charge in [-0.3, -0.25) is 4.79 Å². The summed E-state index contributed by atoms with van der Waals surface area (Å²) in [7, 11) is 5.88. The average Bonchev–Trinajstić information content (AvgIpc) is 2.03. The Kier molecular flexibility index (Phi) is 7.63. The number of nitrogens with one attached hydrogen (secondary N) is 2. The van der Waals surface area contributed by atoms with E-state index >= 15 is 0 Å². The molecule has 0 radical (unpaired) electrons. The van der Waals surface area contributed by atoms with Gasteiger partial charge in [0.1, 0.15) is 0 Å². The minimum absolute atomic E-state index is 0.0763. The van der Waals surface area contributed by atoms with E-state index in [1.165, 1.54) is 0 Å². The highest BCUT2D eigenvalue weighted by Gasteiger charge is 1.97. The highest BCUT2D eigenvalue weighted by Crippen LogP contribution is 1.88. The summed E-state index contributed by atoms with van der Waals surface area (Å²) < 4.78 is 0. The molecule has 0 aliphatic heterocycles. The molecule has 0 bridgehead atoms. The van der Waals surface area contributed by atoms with E-state index in [-0.39, 0.29) is 5.91 Å². The fourth-order valence-electron chi connectivity index (χ4n) is 1.00. The Balaban J connectivity index is 3.11. The average molecular weight is 187 g/mol. The lowest BCUT2D eigenvalue weighted by atomic mass is 10.3. The fourth-order valence-corrected chi connectivity index (χ4v) is 1.00. The van der Waals surface area contributed by atoms with Crippen molar-refractivity contribution in [1.82, 2.24) is 15.5 Å². The molecule has 0 unspecified atom stereocenters. The first-order valence-electron chi connectivity index (χ1n) is 4.73. The van der Waals surface area contributed by atoms with Crippen molar-refractivity contribution in [2.45, 2.75) is 12.8 Å². The normalized spacial score (nSPS) is 10.5. The Bertz CT molecular complexity index is 137. The van der Waals surface area contributed by atoms with Gasteiger partial charge in [-0.05, 0) is 40.5 Å². The molecule has 4 heteroatoms. The number of carbonyl (C=O) groups excluding carboxylic acids is 1. The van der Waals surface area contributed by atoms with E-state index in [0.29, 0.717) is 6.54 Å². The van der Waals surface area contributed by atoms with E-state index in [9.17, 15) is 4.79 Å². The Morgan fingerprint density at radius 2 is 2.00 bits per heavy atom. The lowest BCUT2D eigenvalue weighted by Crippen LogP contribution is -2.32. The molecule has 0 aliphatic rings. The Morgan fingerprint density at radius 3 is 2.54 bits per heavy atom. The Morgan fingerprint density at radius 1 is 1.31 bits per heavy atom. The number of amides is 1. The van der Waals surface area contributed by atoms with Gasteiger partial charge in [-0.25, -0.2) is 0 Å². The molecule has 0 aromatic rings. The van der Waals surface area contributed by atoms with Crippen LogP contribution in [0.3, 0.4) is 0 Å². The molecule has 0 fully saturated rings. The first-order valence-corrected chi connectivity index (χ1v) is 4.73. The summed E-state index contributed by atoms with van der Waals surface area (Å²) in [5.74, 6) is 0.0763. The molecule has 13 heavy (non-hydrogen) atoms. The van der Waals surface area contributed by atoms with Crippen molar-refractivity contribution >= 4 is 5.91 Å². The van der Waals surface area contributed by atoms with Gasteiger partial charge in [0.15, 0.2) is 0 Å². The lowest BCUT2D eigenvalue weighted by molar-refractivity contribution is -0.120. The maximum atomic E-state index is 11.0. The third-order valence-electron chi connectivity index (χ3n) is 1.69. The molecule has 0 saturated carbocycles. The number of likely N-dealkylation sites (N-methyl/N-ethyl adjacent to an activating group) is 1. The van der Waals surface area contributed by atoms with Gasteiger partial charge >= 0.3 is 0 Å². The highest BCUT2D eigenvalue weighted by molar-refractivity contribution is 5.77. The summed E-state index contributed by atoms with van der Waals surface area (Å²) in [6, 6.07) is 0. The monoisotopic (exact) mass is 187 g/mol. The molecule has 0 heterocycles. The molecule has 1 amide bonds. The van der Waals surface area contributed by atoms with E-state index in [2.05, 4.69) is 29.6 Å². The van der Waals surface area contributed by atoms with Crippen LogP contribution in [-0.2, 0) is 4.79 Å². The number of hydrogen-bond donors (Lipinski definition) is 2. The van der Waals surface area contributed by atoms with Crippen molar-refractivity contribution in [2.24, 2.45) is 0 Å². The number of rotatable bonds is 7. The molecule has 0 aromatic carbocycles. The largest absolute Gasteiger partial charge is 0.355 e. The van der Waals surface area contributed by atoms with Crippen molar-refractivity contribution in [3.05, 3.63) is 0 Å². The second-order valence-corrected chi connectivity index (χ2v) is 3.39. The van der Waals surface area contributed by atoms with Gasteiger partial charge in [0.05, 0.1) is 6.54 Å². The molecule has 0 spiro atoms. The molecule has 0 rings (SSSR count). The maximum absolute atomic E-state index is 11.0. The van der Waals surface area contributed by atoms with Gasteiger partial charge in [0.2, 0.25) is 5.91 Å². The van der Waals surface area contributed by atoms with Crippen LogP contribution in [0.25, 0.3) is 0 Å². The van der Waals surface area contributed by atoms with Gasteiger partial charge < -0.3 is 15.5 Å². The summed E-state index contributed by atoms with van der Waals surface area (Å²) in [6.45, 7) is 2.28. The van der Waals surface area contributed by atoms with Crippen molar-refractivity contribution in [3.63, 3.8) is 0 Å². The molecular formula is C9H21N3O. The van der Waals surface area contributed by atoms with Gasteiger partial charge in [-0.2, -0.15) is 0 Å². The molecule has 4 nitrogen and oxygen atoms in total. The quantitative estimate of drug-likeness (QED) is 0.536. The fraction of sp³-hybridized carbons (Fsp3) is 0.889. The molecular weight excluding hydrogens is 166 g/mol. The van der Waals surface area contributed by atoms with Crippen LogP contribution in [0.4, 0.5) is 0 Å². The summed E-state index contributed by atoms with van der Waals surface area (Å²) in [5.41, 5.74) is 0. The van der Waals surface area contributed by atoms with Crippen LogP contribution < -0.4 is 10.6 Å². The van der Waals surface area contributed by atoms with E-state index < -0.39 is 0 Å². The molecule has 0 aliphatic carbocycles. The zero-order valence-electron chi connectivity index (χ0n) is 8.89. The second kappa shape index (κ2) is 8.01. The summed E-state index contributed by atoms with van der Waals surface area (Å²) >= 11 is 0. The third kappa shape index (κ3) is 9.30. The predicted molar refractivity (Wildman–Crippen MR) is 54.7 cm³/mol. The lowest BCUT2D eigenvalue weighted by Gasteiger charge is -2.09. The SMILES string of the molecule is CNCC(=O)NCCCCN(C)C. The van der Waals surface area contributed by atoms with E-state index in [1.54, 1.807) is 7.05 Å². The molecule has 0 saturated heterocycles. The maximum Gasteiger partial charge on any atom is 0.233 e. The Labute approximate surface area is 80.7 Å². The number of hydrogen-bond acceptors (Lipinski definition) is 3. The van der Waals surface area contributed by atoms with Crippen molar-refractivity contribution in [1.29, 1.82) is 0 Å². The number of carbonyl (C=O) groups is 1. The smallest absolute Gasteiger partial charge is 0.233 e. The number of unbranched alkanes of at least 4 members (excludes halogenated alkanes) is 1. The summed E-state index contributed by atoms with van der Waals surface area (Å²) in [6.07, 6.45) is 2.18. The van der Waals surface area contributed by atoms with Gasteiger partial charge in [0.25, 0.3) is 0 Å². The minimum Gasteiger partial charge on any atom is -0.355 e. The van der Waals surface area contributed by atoms with E-state index in [4.69, 9.17) is 0 Å². The predicted octanol–water partition coefficient (Wildman–Crippen LogP) is -0.336. The first-order chi connectivity index (χ1) is 6.16. The van der Waals surface area contributed by atoms with Crippen molar-refractivity contribution in [2.75, 3.05) is 40.8 Å². The van der Waals surface area contributed by atoms with Gasteiger partial charge in [-0.15, -0.1) is 0 Å². The van der Waals surface area contributed by atoms with Gasteiger partial charge in [-0.1, -0.05) is 0 Å². The highest BCUT2D eigenvalue weighted by atomic mass is 16.1. The number of nitrogens with zero attached hydrogens (tertiary/aromatic N) is 1.